The molecule has 0 fully saturated rings. The fourth-order valence-electron chi connectivity index (χ4n) is 1.68. The lowest BCUT2D eigenvalue weighted by Crippen LogP contribution is -2.09. The van der Waals surface area contributed by atoms with Gasteiger partial charge in [0.15, 0.2) is 0 Å². The summed E-state index contributed by atoms with van der Waals surface area (Å²) in [6.07, 6.45) is -4.48. The van der Waals surface area contributed by atoms with Gasteiger partial charge in [0.1, 0.15) is 11.4 Å². The third-order valence-electron chi connectivity index (χ3n) is 2.57. The van der Waals surface area contributed by atoms with E-state index >= 15 is 0 Å². The Labute approximate surface area is 114 Å². The first-order chi connectivity index (χ1) is 9.50. The fourth-order valence-corrected chi connectivity index (χ4v) is 1.68. The normalized spacial score (nSPS) is 11.4. The van der Waals surface area contributed by atoms with Crippen LogP contribution in [0.25, 0.3) is 0 Å². The molecule has 0 aliphatic rings. The monoisotopic (exact) mass is 282 g/mol. The number of halogens is 3. The topological polar surface area (TPSA) is 34.1 Å². The van der Waals surface area contributed by atoms with E-state index in [9.17, 15) is 13.2 Å². The molecule has 0 saturated heterocycles. The molecule has 0 bridgehead atoms. The molecule has 0 spiro atoms. The van der Waals surface area contributed by atoms with Crippen LogP contribution in [0.4, 0.5) is 13.2 Å². The van der Waals surface area contributed by atoms with Crippen molar-refractivity contribution in [2.45, 2.75) is 12.7 Å². The van der Waals surface area contributed by atoms with Gasteiger partial charge in [0.25, 0.3) is 0 Å². The van der Waals surface area contributed by atoms with Crippen molar-refractivity contribution in [1.29, 1.82) is 0 Å². The van der Waals surface area contributed by atoms with Crippen molar-refractivity contribution >= 4 is 0 Å². The number of ether oxygens (including phenoxy) is 1. The number of nitrogens with zero attached hydrogens (tertiary/aromatic N) is 1. The summed E-state index contributed by atoms with van der Waals surface area (Å²) in [5, 5.41) is 2.97. The standard InChI is InChI=1S/C14H13F3N2O/c1-18-9-10-5-2-3-6-11(10)20-13-8-4-7-12(19-13)14(15,16)17/h2-8,18H,9H2,1H3. The van der Waals surface area contributed by atoms with E-state index in [4.69, 9.17) is 4.74 Å². The van der Waals surface area contributed by atoms with Crippen LogP contribution in [0, 0.1) is 0 Å². The zero-order valence-electron chi connectivity index (χ0n) is 10.7. The van der Waals surface area contributed by atoms with Crippen molar-refractivity contribution in [3.63, 3.8) is 0 Å². The summed E-state index contributed by atoms with van der Waals surface area (Å²) in [6, 6.07) is 10.7. The van der Waals surface area contributed by atoms with Gasteiger partial charge in [-0.05, 0) is 19.2 Å². The van der Waals surface area contributed by atoms with E-state index in [1.54, 1.807) is 19.2 Å². The second kappa shape index (κ2) is 5.92. The minimum Gasteiger partial charge on any atom is -0.439 e. The highest BCUT2D eigenvalue weighted by Crippen LogP contribution is 2.30. The first-order valence-electron chi connectivity index (χ1n) is 5.95. The lowest BCUT2D eigenvalue weighted by molar-refractivity contribution is -0.141. The van der Waals surface area contributed by atoms with Gasteiger partial charge >= 0.3 is 6.18 Å². The number of hydrogen-bond acceptors (Lipinski definition) is 3. The maximum atomic E-state index is 12.6. The van der Waals surface area contributed by atoms with E-state index < -0.39 is 11.9 Å². The quantitative estimate of drug-likeness (QED) is 0.930. The van der Waals surface area contributed by atoms with Crippen LogP contribution in [0.2, 0.25) is 0 Å². The summed E-state index contributed by atoms with van der Waals surface area (Å²) in [7, 11) is 1.78. The van der Waals surface area contributed by atoms with Crippen LogP contribution in [-0.4, -0.2) is 12.0 Å². The van der Waals surface area contributed by atoms with E-state index in [0.717, 1.165) is 11.6 Å². The zero-order chi connectivity index (χ0) is 14.6. The van der Waals surface area contributed by atoms with E-state index in [2.05, 4.69) is 10.3 Å². The molecule has 6 heteroatoms. The summed E-state index contributed by atoms with van der Waals surface area (Å²) in [5.41, 5.74) is -0.129. The molecule has 20 heavy (non-hydrogen) atoms. The summed E-state index contributed by atoms with van der Waals surface area (Å²) >= 11 is 0. The SMILES string of the molecule is CNCc1ccccc1Oc1cccc(C(F)(F)F)n1. The highest BCUT2D eigenvalue weighted by Gasteiger charge is 2.32. The van der Waals surface area contributed by atoms with Crippen LogP contribution in [0.3, 0.4) is 0 Å². The van der Waals surface area contributed by atoms with Gasteiger partial charge in [0.05, 0.1) is 0 Å². The van der Waals surface area contributed by atoms with Gasteiger partial charge in [0, 0.05) is 18.2 Å². The predicted octanol–water partition coefficient (Wildman–Crippen LogP) is 3.61. The Morgan fingerprint density at radius 2 is 1.85 bits per heavy atom. The van der Waals surface area contributed by atoms with Crippen molar-refractivity contribution in [2.24, 2.45) is 0 Å². The largest absolute Gasteiger partial charge is 0.439 e. The van der Waals surface area contributed by atoms with Crippen molar-refractivity contribution in [3.8, 4) is 11.6 Å². The molecular formula is C14H13F3N2O. The second-order valence-electron chi connectivity index (χ2n) is 4.10. The summed E-state index contributed by atoms with van der Waals surface area (Å²) in [6.45, 7) is 0.551. The molecule has 0 unspecified atom stereocenters. The van der Waals surface area contributed by atoms with E-state index in [0.29, 0.717) is 12.3 Å². The molecule has 0 aliphatic carbocycles. The Morgan fingerprint density at radius 3 is 2.55 bits per heavy atom. The van der Waals surface area contributed by atoms with Crippen LogP contribution in [0.1, 0.15) is 11.3 Å². The molecule has 0 amide bonds. The van der Waals surface area contributed by atoms with Gasteiger partial charge in [-0.3, -0.25) is 0 Å². The number of alkyl halides is 3. The number of rotatable bonds is 4. The predicted molar refractivity (Wildman–Crippen MR) is 68.5 cm³/mol. The minimum atomic E-state index is -4.48. The highest BCUT2D eigenvalue weighted by atomic mass is 19.4. The molecule has 0 saturated carbocycles. The molecule has 3 nitrogen and oxygen atoms in total. The van der Waals surface area contributed by atoms with Crippen molar-refractivity contribution in [1.82, 2.24) is 10.3 Å². The highest BCUT2D eigenvalue weighted by molar-refractivity contribution is 5.36. The average molecular weight is 282 g/mol. The fraction of sp³-hybridized carbons (Fsp3) is 0.214. The van der Waals surface area contributed by atoms with Crippen LogP contribution >= 0.6 is 0 Å². The van der Waals surface area contributed by atoms with Crippen molar-refractivity contribution < 1.29 is 17.9 Å². The van der Waals surface area contributed by atoms with E-state index in [-0.39, 0.29) is 5.88 Å². The zero-order valence-corrected chi connectivity index (χ0v) is 10.7. The van der Waals surface area contributed by atoms with E-state index in [1.807, 2.05) is 12.1 Å². The van der Waals surface area contributed by atoms with Gasteiger partial charge in [-0.15, -0.1) is 0 Å². The average Bonchev–Trinajstić information content (AvgIpc) is 2.41. The molecule has 1 aromatic carbocycles. The van der Waals surface area contributed by atoms with Crippen LogP contribution in [0.5, 0.6) is 11.6 Å². The van der Waals surface area contributed by atoms with Gasteiger partial charge < -0.3 is 10.1 Å². The molecule has 1 heterocycles. The molecule has 0 atom stereocenters. The van der Waals surface area contributed by atoms with Crippen molar-refractivity contribution in [2.75, 3.05) is 7.05 Å². The van der Waals surface area contributed by atoms with E-state index in [1.165, 1.54) is 12.1 Å². The number of benzene rings is 1. The number of aromatic nitrogens is 1. The number of nitrogens with one attached hydrogen (secondary N) is 1. The lowest BCUT2D eigenvalue weighted by atomic mass is 10.2. The van der Waals surface area contributed by atoms with Gasteiger partial charge in [-0.1, -0.05) is 24.3 Å². The Hall–Kier alpha value is -2.08. The van der Waals surface area contributed by atoms with Gasteiger partial charge in [-0.2, -0.15) is 13.2 Å². The third-order valence-corrected chi connectivity index (χ3v) is 2.57. The number of para-hydroxylation sites is 1. The Balaban J connectivity index is 2.26. The molecule has 0 radical (unpaired) electrons. The Kier molecular flexibility index (Phi) is 4.24. The molecule has 0 aliphatic heterocycles. The first kappa shape index (κ1) is 14.3. The smallest absolute Gasteiger partial charge is 0.433 e. The summed E-state index contributed by atoms with van der Waals surface area (Å²) in [5.74, 6) is 0.400. The summed E-state index contributed by atoms with van der Waals surface area (Å²) in [4.78, 5) is 3.47. The van der Waals surface area contributed by atoms with Crippen molar-refractivity contribution in [3.05, 3.63) is 53.7 Å². The Bertz CT molecular complexity index is 585. The molecule has 2 aromatic rings. The number of hydrogen-bond donors (Lipinski definition) is 1. The summed E-state index contributed by atoms with van der Waals surface area (Å²) < 4.78 is 43.2. The first-order valence-corrected chi connectivity index (χ1v) is 5.95. The Morgan fingerprint density at radius 1 is 1.10 bits per heavy atom. The van der Waals surface area contributed by atoms with Gasteiger partial charge in [-0.25, -0.2) is 4.98 Å². The maximum Gasteiger partial charge on any atom is 0.433 e. The third kappa shape index (κ3) is 3.48. The van der Waals surface area contributed by atoms with Crippen LogP contribution in [0.15, 0.2) is 42.5 Å². The van der Waals surface area contributed by atoms with Crippen LogP contribution < -0.4 is 10.1 Å². The minimum absolute atomic E-state index is 0.0802. The van der Waals surface area contributed by atoms with Crippen LogP contribution in [-0.2, 0) is 12.7 Å². The molecule has 2 rings (SSSR count). The molecule has 1 aromatic heterocycles. The lowest BCUT2D eigenvalue weighted by Gasteiger charge is -2.11. The molecule has 1 N–H and O–H groups in total. The molecular weight excluding hydrogens is 269 g/mol. The maximum absolute atomic E-state index is 12.6. The number of pyridine rings is 1. The van der Waals surface area contributed by atoms with Gasteiger partial charge in [0.2, 0.25) is 5.88 Å². The molecule has 106 valence electrons. The second-order valence-corrected chi connectivity index (χ2v) is 4.10.